The van der Waals surface area contributed by atoms with E-state index in [0.29, 0.717) is 11.5 Å². The van der Waals surface area contributed by atoms with Gasteiger partial charge >= 0.3 is 0 Å². The first-order valence-corrected chi connectivity index (χ1v) is 5.77. The van der Waals surface area contributed by atoms with E-state index < -0.39 is 0 Å². The van der Waals surface area contributed by atoms with E-state index in [9.17, 15) is 0 Å². The molecule has 0 atom stereocenters. The summed E-state index contributed by atoms with van der Waals surface area (Å²) in [5, 5.41) is 17.1. The van der Waals surface area contributed by atoms with Crippen LogP contribution in [0.15, 0.2) is 47.1 Å². The minimum absolute atomic E-state index is 0.248. The van der Waals surface area contributed by atoms with Gasteiger partial charge in [-0.25, -0.2) is 4.68 Å². The highest BCUT2D eigenvalue weighted by Gasteiger charge is 2.18. The molecule has 0 amide bonds. The van der Waals surface area contributed by atoms with Gasteiger partial charge in [0.15, 0.2) is 11.5 Å². The molecule has 2 aromatic heterocycles. The van der Waals surface area contributed by atoms with E-state index in [4.69, 9.17) is 9.68 Å². The highest BCUT2D eigenvalue weighted by atomic mass is 16.3. The van der Waals surface area contributed by atoms with E-state index >= 15 is 0 Å². The van der Waals surface area contributed by atoms with Crippen LogP contribution in [0.25, 0.3) is 17.1 Å². The second-order valence-corrected chi connectivity index (χ2v) is 4.07. The largest absolute Gasteiger partial charge is 0.463 e. The van der Waals surface area contributed by atoms with Crippen molar-refractivity contribution in [1.29, 1.82) is 5.26 Å². The Morgan fingerprint density at radius 1 is 1.21 bits per heavy atom. The number of benzene rings is 1. The van der Waals surface area contributed by atoms with Crippen molar-refractivity contribution in [3.05, 3.63) is 53.9 Å². The Bertz CT molecular complexity index is 750. The van der Waals surface area contributed by atoms with Crippen LogP contribution in [0.2, 0.25) is 0 Å². The number of nitriles is 1. The topological polar surface area (TPSA) is 67.6 Å². The average molecular weight is 250 g/mol. The summed E-state index contributed by atoms with van der Waals surface area (Å²) in [5.41, 5.74) is 2.74. The fourth-order valence-corrected chi connectivity index (χ4v) is 1.96. The lowest BCUT2D eigenvalue weighted by molar-refractivity contribution is 0.576. The molecular weight excluding hydrogens is 240 g/mol. The molecule has 3 rings (SSSR count). The van der Waals surface area contributed by atoms with E-state index in [2.05, 4.69) is 10.3 Å². The van der Waals surface area contributed by atoms with Crippen LogP contribution < -0.4 is 0 Å². The van der Waals surface area contributed by atoms with Gasteiger partial charge in [0.25, 0.3) is 0 Å². The first kappa shape index (κ1) is 11.2. The number of rotatable bonds is 2. The molecule has 0 N–H and O–H groups in total. The summed E-state index contributed by atoms with van der Waals surface area (Å²) in [6, 6.07) is 13.4. The standard InChI is InChI=1S/C14H10N4O/c1-10-5-2-3-6-12(10)18-14(11(9-15)16-17-18)13-7-4-8-19-13/h2-8H,1H3. The van der Waals surface area contributed by atoms with Gasteiger partial charge in [-0.05, 0) is 30.7 Å². The second-order valence-electron chi connectivity index (χ2n) is 4.07. The lowest BCUT2D eigenvalue weighted by Gasteiger charge is -2.07. The van der Waals surface area contributed by atoms with Crippen LogP contribution in [-0.2, 0) is 0 Å². The highest BCUT2D eigenvalue weighted by molar-refractivity contribution is 5.62. The van der Waals surface area contributed by atoms with Crippen LogP contribution in [0.5, 0.6) is 0 Å². The maximum Gasteiger partial charge on any atom is 0.194 e. The Hall–Kier alpha value is -2.87. The van der Waals surface area contributed by atoms with Crippen molar-refractivity contribution in [2.24, 2.45) is 0 Å². The SMILES string of the molecule is Cc1ccccc1-n1nnc(C#N)c1-c1ccco1. The third kappa shape index (κ3) is 1.79. The predicted molar refractivity (Wildman–Crippen MR) is 68.5 cm³/mol. The molecule has 0 bridgehead atoms. The summed E-state index contributed by atoms with van der Waals surface area (Å²) in [6.07, 6.45) is 1.56. The minimum atomic E-state index is 0.248. The molecule has 3 aromatic rings. The lowest BCUT2D eigenvalue weighted by atomic mass is 10.2. The van der Waals surface area contributed by atoms with Gasteiger partial charge in [0.2, 0.25) is 0 Å². The Labute approximate surface area is 109 Å². The van der Waals surface area contributed by atoms with Crippen molar-refractivity contribution in [2.45, 2.75) is 6.92 Å². The molecule has 0 saturated heterocycles. The van der Waals surface area contributed by atoms with Gasteiger partial charge in [-0.2, -0.15) is 5.26 Å². The van der Waals surface area contributed by atoms with E-state index in [0.717, 1.165) is 11.3 Å². The van der Waals surface area contributed by atoms with Crippen LogP contribution in [0, 0.1) is 18.3 Å². The Kier molecular flexibility index (Phi) is 2.62. The fourth-order valence-electron chi connectivity index (χ4n) is 1.96. The van der Waals surface area contributed by atoms with E-state index in [1.165, 1.54) is 0 Å². The van der Waals surface area contributed by atoms with Crippen LogP contribution in [0.3, 0.4) is 0 Å². The second kappa shape index (κ2) is 4.42. The van der Waals surface area contributed by atoms with E-state index in [1.54, 1.807) is 23.1 Å². The van der Waals surface area contributed by atoms with Gasteiger partial charge < -0.3 is 4.42 Å². The molecule has 0 unspecified atom stereocenters. The molecule has 5 heteroatoms. The molecule has 0 aliphatic heterocycles. The fraction of sp³-hybridized carbons (Fsp3) is 0.0714. The predicted octanol–water partition coefficient (Wildman–Crippen LogP) is 2.71. The third-order valence-electron chi connectivity index (χ3n) is 2.87. The first-order chi connectivity index (χ1) is 9.31. The van der Waals surface area contributed by atoms with Crippen molar-refractivity contribution < 1.29 is 4.42 Å². The van der Waals surface area contributed by atoms with Gasteiger partial charge in [-0.1, -0.05) is 23.4 Å². The maximum atomic E-state index is 9.14. The number of nitrogens with zero attached hydrogens (tertiary/aromatic N) is 4. The normalized spacial score (nSPS) is 10.3. The van der Waals surface area contributed by atoms with Gasteiger partial charge in [0, 0.05) is 0 Å². The molecule has 5 nitrogen and oxygen atoms in total. The zero-order valence-electron chi connectivity index (χ0n) is 10.2. The smallest absolute Gasteiger partial charge is 0.194 e. The molecule has 92 valence electrons. The van der Waals surface area contributed by atoms with E-state index in [-0.39, 0.29) is 5.69 Å². The molecule has 0 aliphatic carbocycles. The number of aryl methyl sites for hydroxylation is 1. The molecule has 1 aromatic carbocycles. The Morgan fingerprint density at radius 2 is 2.05 bits per heavy atom. The first-order valence-electron chi connectivity index (χ1n) is 5.77. The van der Waals surface area contributed by atoms with Crippen molar-refractivity contribution in [3.8, 4) is 23.2 Å². The summed E-state index contributed by atoms with van der Waals surface area (Å²) < 4.78 is 7.00. The van der Waals surface area contributed by atoms with Crippen LogP contribution in [-0.4, -0.2) is 15.0 Å². The lowest BCUT2D eigenvalue weighted by Crippen LogP contribution is -2.01. The highest BCUT2D eigenvalue weighted by Crippen LogP contribution is 2.26. The molecule has 0 saturated carbocycles. The molecular formula is C14H10N4O. The number of para-hydroxylation sites is 1. The summed E-state index contributed by atoms with van der Waals surface area (Å²) in [5.74, 6) is 0.574. The third-order valence-corrected chi connectivity index (χ3v) is 2.87. The van der Waals surface area contributed by atoms with Crippen molar-refractivity contribution in [1.82, 2.24) is 15.0 Å². The number of hydrogen-bond acceptors (Lipinski definition) is 4. The zero-order valence-corrected chi connectivity index (χ0v) is 10.2. The molecule has 0 aliphatic rings. The van der Waals surface area contributed by atoms with Crippen LogP contribution in [0.4, 0.5) is 0 Å². The molecule has 0 radical (unpaired) electrons. The summed E-state index contributed by atoms with van der Waals surface area (Å²) in [7, 11) is 0. The van der Waals surface area contributed by atoms with Gasteiger partial charge in [0.05, 0.1) is 12.0 Å². The zero-order chi connectivity index (χ0) is 13.2. The molecule has 19 heavy (non-hydrogen) atoms. The summed E-state index contributed by atoms with van der Waals surface area (Å²) in [6.45, 7) is 1.98. The van der Waals surface area contributed by atoms with Crippen LogP contribution >= 0.6 is 0 Å². The Balaban J connectivity index is 2.27. The number of aromatic nitrogens is 3. The summed E-state index contributed by atoms with van der Waals surface area (Å²) in [4.78, 5) is 0. The van der Waals surface area contributed by atoms with Crippen LogP contribution in [0.1, 0.15) is 11.3 Å². The maximum absolute atomic E-state index is 9.14. The monoisotopic (exact) mass is 250 g/mol. The van der Waals surface area contributed by atoms with E-state index in [1.807, 2.05) is 37.3 Å². The Morgan fingerprint density at radius 3 is 2.74 bits per heavy atom. The molecule has 2 heterocycles. The number of furan rings is 1. The number of hydrogen-bond donors (Lipinski definition) is 0. The molecule has 0 fully saturated rings. The minimum Gasteiger partial charge on any atom is -0.463 e. The van der Waals surface area contributed by atoms with Gasteiger partial charge in [0.1, 0.15) is 11.8 Å². The quantitative estimate of drug-likeness (QED) is 0.701. The average Bonchev–Trinajstić information content (AvgIpc) is 3.07. The summed E-state index contributed by atoms with van der Waals surface area (Å²) >= 11 is 0. The van der Waals surface area contributed by atoms with Crippen molar-refractivity contribution in [2.75, 3.05) is 0 Å². The van der Waals surface area contributed by atoms with Crippen molar-refractivity contribution >= 4 is 0 Å². The van der Waals surface area contributed by atoms with Crippen molar-refractivity contribution in [3.63, 3.8) is 0 Å². The van der Waals surface area contributed by atoms with Gasteiger partial charge in [-0.15, -0.1) is 5.10 Å². The molecule has 0 spiro atoms. The van der Waals surface area contributed by atoms with Gasteiger partial charge in [-0.3, -0.25) is 0 Å².